The predicted molar refractivity (Wildman–Crippen MR) is 102 cm³/mol. The molecule has 0 unspecified atom stereocenters. The van der Waals surface area contributed by atoms with E-state index in [1.54, 1.807) is 42.5 Å². The fourth-order valence-corrected chi connectivity index (χ4v) is 2.98. The zero-order chi connectivity index (χ0) is 19.9. The van der Waals surface area contributed by atoms with Gasteiger partial charge in [0.15, 0.2) is 0 Å². The summed E-state index contributed by atoms with van der Waals surface area (Å²) < 4.78 is 24.9. The Morgan fingerprint density at radius 2 is 1.96 bits per heavy atom. The van der Waals surface area contributed by atoms with Crippen molar-refractivity contribution in [2.24, 2.45) is 0 Å². The summed E-state index contributed by atoms with van der Waals surface area (Å²) in [5.41, 5.74) is 0.950. The molecule has 144 valence electrons. The number of hydrogen-bond acceptors (Lipinski definition) is 6. The Kier molecular flexibility index (Phi) is 6.44. The molecule has 0 saturated carbocycles. The number of aliphatic carboxylic acids is 1. The molecule has 0 saturated heterocycles. The number of ether oxygens (including phenoxy) is 1. The molecule has 8 heteroatoms. The fraction of sp³-hybridized carbons (Fsp3) is 0.150. The van der Waals surface area contributed by atoms with E-state index in [0.29, 0.717) is 29.2 Å². The predicted octanol–water partition coefficient (Wildman–Crippen LogP) is 4.57. The van der Waals surface area contributed by atoms with Gasteiger partial charge >= 0.3 is 5.97 Å². The van der Waals surface area contributed by atoms with Gasteiger partial charge in [0.1, 0.15) is 23.1 Å². The number of para-hydroxylation sites is 1. The minimum Gasteiger partial charge on any atom is -0.488 e. The molecule has 0 atom stereocenters. The quantitative estimate of drug-likeness (QED) is 0.438. The molecule has 6 nitrogen and oxygen atoms in total. The highest BCUT2D eigenvalue weighted by Crippen LogP contribution is 2.30. The summed E-state index contributed by atoms with van der Waals surface area (Å²) in [6.07, 6.45) is 2.02. The van der Waals surface area contributed by atoms with Crippen molar-refractivity contribution in [1.29, 1.82) is 0 Å². The van der Waals surface area contributed by atoms with E-state index in [-0.39, 0.29) is 22.6 Å². The van der Waals surface area contributed by atoms with Gasteiger partial charge in [0.05, 0.1) is 0 Å². The Hall–Kier alpha value is -3.13. The van der Waals surface area contributed by atoms with Gasteiger partial charge in [-0.05, 0) is 30.0 Å². The first kappa shape index (κ1) is 19.6. The molecule has 0 aliphatic rings. The third kappa shape index (κ3) is 4.98. The summed E-state index contributed by atoms with van der Waals surface area (Å²) in [5.74, 6) is -0.628. The Bertz CT molecular complexity index is 1000. The van der Waals surface area contributed by atoms with Crippen LogP contribution in [0.4, 0.5) is 4.39 Å². The number of aryl methyl sites for hydroxylation is 1. The van der Waals surface area contributed by atoms with Crippen molar-refractivity contribution < 1.29 is 23.4 Å². The van der Waals surface area contributed by atoms with E-state index in [9.17, 15) is 14.3 Å². The lowest BCUT2D eigenvalue weighted by Gasteiger charge is -2.10. The number of aromatic nitrogens is 2. The van der Waals surface area contributed by atoms with E-state index >= 15 is 0 Å². The molecule has 0 bridgehead atoms. The summed E-state index contributed by atoms with van der Waals surface area (Å²) in [4.78, 5) is 11.6. The molecule has 0 aliphatic heterocycles. The second-order valence-corrected chi connectivity index (χ2v) is 6.64. The second kappa shape index (κ2) is 9.18. The first-order valence-corrected chi connectivity index (χ1v) is 9.29. The van der Waals surface area contributed by atoms with Crippen molar-refractivity contribution in [3.05, 3.63) is 76.3 Å². The molecule has 0 aliphatic carbocycles. The van der Waals surface area contributed by atoms with Crippen LogP contribution in [0.25, 0.3) is 6.08 Å². The van der Waals surface area contributed by atoms with Crippen molar-refractivity contribution in [3.8, 4) is 5.75 Å². The van der Waals surface area contributed by atoms with Crippen LogP contribution in [0.2, 0.25) is 0 Å². The average molecular weight is 400 g/mol. The van der Waals surface area contributed by atoms with Gasteiger partial charge in [0, 0.05) is 17.5 Å². The summed E-state index contributed by atoms with van der Waals surface area (Å²) in [5, 5.41) is 17.3. The van der Waals surface area contributed by atoms with Crippen LogP contribution in [-0.2, 0) is 17.8 Å². The standard InChI is InChI=1S/C20H17FN2O4S/c1-2-18-22-23-20(27-18)28-17(19(24)25)11-13-7-4-6-10-16(13)26-12-14-8-3-5-9-15(14)21/h3-11H,2,12H2,1H3,(H,24,25)/b17-11-. The summed E-state index contributed by atoms with van der Waals surface area (Å²) in [6.45, 7) is 1.88. The molecule has 3 rings (SSSR count). The highest BCUT2D eigenvalue weighted by atomic mass is 32.2. The Morgan fingerprint density at radius 3 is 2.68 bits per heavy atom. The number of hydrogen-bond donors (Lipinski definition) is 1. The van der Waals surface area contributed by atoms with Crippen LogP contribution >= 0.6 is 11.8 Å². The maximum Gasteiger partial charge on any atom is 0.342 e. The lowest BCUT2D eigenvalue weighted by Crippen LogP contribution is -2.01. The maximum absolute atomic E-state index is 13.8. The lowest BCUT2D eigenvalue weighted by atomic mass is 10.2. The minimum atomic E-state index is -1.13. The van der Waals surface area contributed by atoms with Crippen LogP contribution in [0.1, 0.15) is 23.9 Å². The van der Waals surface area contributed by atoms with Crippen molar-refractivity contribution >= 4 is 23.8 Å². The Labute approximate surface area is 165 Å². The molecule has 0 amide bonds. The number of benzene rings is 2. The number of thioether (sulfide) groups is 1. The molecule has 0 fully saturated rings. The van der Waals surface area contributed by atoms with Gasteiger partial charge < -0.3 is 14.3 Å². The zero-order valence-corrected chi connectivity index (χ0v) is 15.8. The molecule has 0 spiro atoms. The normalized spacial score (nSPS) is 11.4. The monoisotopic (exact) mass is 400 g/mol. The molecule has 1 N–H and O–H groups in total. The smallest absolute Gasteiger partial charge is 0.342 e. The van der Waals surface area contributed by atoms with E-state index in [1.165, 1.54) is 12.1 Å². The van der Waals surface area contributed by atoms with Crippen LogP contribution in [0.3, 0.4) is 0 Å². The number of nitrogens with zero attached hydrogens (tertiary/aromatic N) is 2. The van der Waals surface area contributed by atoms with Crippen molar-refractivity contribution in [2.75, 3.05) is 0 Å². The number of carbonyl (C=O) groups is 1. The van der Waals surface area contributed by atoms with Gasteiger partial charge in [-0.3, -0.25) is 0 Å². The topological polar surface area (TPSA) is 85.5 Å². The number of rotatable bonds is 8. The Morgan fingerprint density at radius 1 is 1.21 bits per heavy atom. The third-order valence-corrected chi connectivity index (χ3v) is 4.56. The van der Waals surface area contributed by atoms with Gasteiger partial charge in [0.25, 0.3) is 5.22 Å². The molecule has 3 aromatic rings. The highest BCUT2D eigenvalue weighted by Gasteiger charge is 2.16. The van der Waals surface area contributed by atoms with Gasteiger partial charge in [-0.1, -0.05) is 43.3 Å². The average Bonchev–Trinajstić information content (AvgIpc) is 3.15. The van der Waals surface area contributed by atoms with Crippen LogP contribution in [0, 0.1) is 5.82 Å². The van der Waals surface area contributed by atoms with Crippen LogP contribution in [0.5, 0.6) is 5.75 Å². The number of halogens is 1. The van der Waals surface area contributed by atoms with E-state index in [0.717, 1.165) is 11.8 Å². The van der Waals surface area contributed by atoms with E-state index in [2.05, 4.69) is 10.2 Å². The molecule has 0 radical (unpaired) electrons. The minimum absolute atomic E-state index is 0.00625. The van der Waals surface area contributed by atoms with Gasteiger partial charge in [-0.2, -0.15) is 0 Å². The lowest BCUT2D eigenvalue weighted by molar-refractivity contribution is -0.131. The summed E-state index contributed by atoms with van der Waals surface area (Å²) in [6, 6.07) is 13.2. The van der Waals surface area contributed by atoms with E-state index < -0.39 is 5.97 Å². The molecule has 1 aromatic heterocycles. The summed E-state index contributed by atoms with van der Waals surface area (Å²) >= 11 is 0.859. The molecule has 2 aromatic carbocycles. The van der Waals surface area contributed by atoms with Crippen molar-refractivity contribution in [3.63, 3.8) is 0 Å². The van der Waals surface area contributed by atoms with Crippen LogP contribution in [-0.4, -0.2) is 21.3 Å². The summed E-state index contributed by atoms with van der Waals surface area (Å²) in [7, 11) is 0. The van der Waals surface area contributed by atoms with Crippen molar-refractivity contribution in [1.82, 2.24) is 10.2 Å². The highest BCUT2D eigenvalue weighted by molar-refractivity contribution is 8.03. The van der Waals surface area contributed by atoms with Gasteiger partial charge in [-0.25, -0.2) is 9.18 Å². The fourth-order valence-electron chi connectivity index (χ4n) is 2.29. The second-order valence-electron chi connectivity index (χ2n) is 5.65. The van der Waals surface area contributed by atoms with Crippen molar-refractivity contribution in [2.45, 2.75) is 25.2 Å². The number of carboxylic acid groups (broad SMARTS) is 1. The van der Waals surface area contributed by atoms with E-state index in [1.807, 2.05) is 6.92 Å². The first-order valence-electron chi connectivity index (χ1n) is 8.47. The molecular weight excluding hydrogens is 383 g/mol. The molecular formula is C20H17FN2O4S. The molecule has 1 heterocycles. The molecule has 28 heavy (non-hydrogen) atoms. The van der Waals surface area contributed by atoms with Gasteiger partial charge in [-0.15, -0.1) is 10.2 Å². The Balaban J connectivity index is 1.82. The van der Waals surface area contributed by atoms with Crippen LogP contribution < -0.4 is 4.74 Å². The van der Waals surface area contributed by atoms with Gasteiger partial charge in [0.2, 0.25) is 5.89 Å². The number of carboxylic acids is 1. The van der Waals surface area contributed by atoms with E-state index in [4.69, 9.17) is 9.15 Å². The SMILES string of the molecule is CCc1nnc(S/C(=C\c2ccccc2OCc2ccccc2F)C(=O)O)o1. The third-order valence-electron chi connectivity index (χ3n) is 3.71. The maximum atomic E-state index is 13.8. The largest absolute Gasteiger partial charge is 0.488 e. The van der Waals surface area contributed by atoms with Crippen LogP contribution in [0.15, 0.2) is 63.1 Å². The zero-order valence-electron chi connectivity index (χ0n) is 15.0. The first-order chi connectivity index (χ1) is 13.6.